The molecule has 2 N–H and O–H groups in total. The number of benzene rings is 1. The van der Waals surface area contributed by atoms with Gasteiger partial charge in [0.25, 0.3) is 0 Å². The first kappa shape index (κ1) is 11.0. The topological polar surface area (TPSA) is 45.4 Å². The van der Waals surface area contributed by atoms with Gasteiger partial charge in [0.15, 0.2) is 5.22 Å². The van der Waals surface area contributed by atoms with Crippen molar-refractivity contribution in [3.63, 3.8) is 0 Å². The number of rotatable bonds is 4. The average Bonchev–Trinajstić information content (AvgIpc) is 2.67. The van der Waals surface area contributed by atoms with Crippen LogP contribution in [0, 0.1) is 0 Å². The summed E-state index contributed by atoms with van der Waals surface area (Å²) in [5.41, 5.74) is 0.861. The molecule has 0 saturated heterocycles. The number of phenolic OH excluding ortho intramolecular Hbond substituents is 1. The molecule has 1 aromatic heterocycles. The molecule has 0 amide bonds. The van der Waals surface area contributed by atoms with Crippen LogP contribution in [0.15, 0.2) is 40.8 Å². The van der Waals surface area contributed by atoms with Gasteiger partial charge < -0.3 is 14.8 Å². The second-order valence-electron chi connectivity index (χ2n) is 3.44. The van der Waals surface area contributed by atoms with E-state index in [1.54, 1.807) is 18.2 Å². The van der Waals surface area contributed by atoms with E-state index in [1.165, 1.54) is 0 Å². The van der Waals surface area contributed by atoms with Crippen molar-refractivity contribution in [3.8, 4) is 5.75 Å². The third-order valence-electron chi connectivity index (χ3n) is 2.24. The van der Waals surface area contributed by atoms with Gasteiger partial charge >= 0.3 is 0 Å². The van der Waals surface area contributed by atoms with Crippen LogP contribution in [-0.2, 0) is 13.1 Å². The molecule has 0 fully saturated rings. The Bertz CT molecular complexity index is 468. The maximum atomic E-state index is 9.53. The summed E-state index contributed by atoms with van der Waals surface area (Å²) in [6.45, 7) is 1.17. The Morgan fingerprint density at radius 3 is 2.62 bits per heavy atom. The number of hydrogen-bond donors (Lipinski definition) is 2. The minimum absolute atomic E-state index is 0.299. The number of halogens is 1. The lowest BCUT2D eigenvalue weighted by molar-refractivity contribution is 0.456. The number of phenols is 1. The normalized spacial score (nSPS) is 10.6. The summed E-state index contributed by atoms with van der Waals surface area (Å²) in [6, 6.07) is 10.8. The molecule has 4 heteroatoms. The van der Waals surface area contributed by atoms with Crippen molar-refractivity contribution in [3.05, 3.63) is 52.9 Å². The zero-order valence-electron chi connectivity index (χ0n) is 8.61. The molecule has 0 bridgehead atoms. The molecule has 1 heterocycles. The lowest BCUT2D eigenvalue weighted by Crippen LogP contribution is -2.12. The Hall–Kier alpha value is -1.45. The summed E-state index contributed by atoms with van der Waals surface area (Å²) in [5, 5.41) is 13.1. The fourth-order valence-corrected chi connectivity index (χ4v) is 1.59. The van der Waals surface area contributed by atoms with Crippen LogP contribution in [0.2, 0.25) is 5.22 Å². The summed E-state index contributed by atoms with van der Waals surface area (Å²) in [5.74, 6) is 1.08. The maximum absolute atomic E-state index is 9.53. The van der Waals surface area contributed by atoms with Crippen LogP contribution in [0.1, 0.15) is 11.3 Å². The first-order valence-corrected chi connectivity index (χ1v) is 5.35. The summed E-state index contributed by atoms with van der Waals surface area (Å²) in [6.07, 6.45) is 0. The Morgan fingerprint density at radius 1 is 1.12 bits per heavy atom. The highest BCUT2D eigenvalue weighted by Gasteiger charge is 2.01. The third-order valence-corrected chi connectivity index (χ3v) is 2.44. The van der Waals surface area contributed by atoms with Gasteiger partial charge in [-0.15, -0.1) is 0 Å². The molecule has 2 rings (SSSR count). The molecule has 0 aliphatic heterocycles. The van der Waals surface area contributed by atoms with E-state index in [1.807, 2.05) is 18.2 Å². The molecule has 1 aromatic carbocycles. The number of furan rings is 1. The predicted octanol–water partition coefficient (Wildman–Crippen LogP) is 2.93. The van der Waals surface area contributed by atoms with Crippen molar-refractivity contribution in [2.24, 2.45) is 0 Å². The van der Waals surface area contributed by atoms with Crippen LogP contribution in [0.25, 0.3) is 0 Å². The summed E-state index contributed by atoms with van der Waals surface area (Å²) in [4.78, 5) is 0. The van der Waals surface area contributed by atoms with Crippen LogP contribution in [-0.4, -0.2) is 5.11 Å². The molecule has 3 nitrogen and oxygen atoms in total. The van der Waals surface area contributed by atoms with E-state index in [0.717, 1.165) is 11.3 Å². The number of aromatic hydroxyl groups is 1. The van der Waals surface area contributed by atoms with Crippen LogP contribution in [0.4, 0.5) is 0 Å². The number of nitrogens with one attached hydrogen (secondary N) is 1. The van der Waals surface area contributed by atoms with E-state index >= 15 is 0 Å². The van der Waals surface area contributed by atoms with Gasteiger partial charge in [0.2, 0.25) is 0 Å². The Kier molecular flexibility index (Phi) is 3.49. The van der Waals surface area contributed by atoms with Crippen molar-refractivity contribution in [2.75, 3.05) is 0 Å². The molecule has 0 aliphatic rings. The van der Waals surface area contributed by atoms with E-state index in [2.05, 4.69) is 5.32 Å². The molecule has 0 atom stereocenters. The van der Waals surface area contributed by atoms with Crippen LogP contribution in [0.5, 0.6) is 5.75 Å². The smallest absolute Gasteiger partial charge is 0.193 e. The summed E-state index contributed by atoms with van der Waals surface area (Å²) >= 11 is 5.65. The van der Waals surface area contributed by atoms with Crippen LogP contribution < -0.4 is 5.32 Å². The van der Waals surface area contributed by atoms with Crippen LogP contribution >= 0.6 is 11.6 Å². The van der Waals surface area contributed by atoms with Crippen LogP contribution in [0.3, 0.4) is 0 Å². The Morgan fingerprint density at radius 2 is 1.94 bits per heavy atom. The molecule has 0 saturated carbocycles. The summed E-state index contributed by atoms with van der Waals surface area (Å²) in [7, 11) is 0. The Labute approximate surface area is 98.7 Å². The van der Waals surface area contributed by atoms with Gasteiger partial charge in [-0.3, -0.25) is 0 Å². The standard InChI is InChI=1S/C12H12ClNO2/c13-12-6-5-10(16-12)8-14-7-9-3-1-2-4-11(9)15/h1-6,14-15H,7-8H2. The molecule has 0 aliphatic carbocycles. The van der Waals surface area contributed by atoms with E-state index in [9.17, 15) is 5.11 Å². The van der Waals surface area contributed by atoms with E-state index in [-0.39, 0.29) is 0 Å². The number of hydrogen-bond acceptors (Lipinski definition) is 3. The van der Waals surface area contributed by atoms with Gasteiger partial charge in [-0.2, -0.15) is 0 Å². The third kappa shape index (κ3) is 2.78. The highest BCUT2D eigenvalue weighted by atomic mass is 35.5. The van der Waals surface area contributed by atoms with Crippen molar-refractivity contribution in [1.29, 1.82) is 0 Å². The number of para-hydroxylation sites is 1. The first-order valence-electron chi connectivity index (χ1n) is 4.97. The minimum atomic E-state index is 0.299. The molecular formula is C12H12ClNO2. The van der Waals surface area contributed by atoms with Gasteiger partial charge in [-0.05, 0) is 29.8 Å². The quantitative estimate of drug-likeness (QED) is 0.860. The Balaban J connectivity index is 1.87. The van der Waals surface area contributed by atoms with Crippen molar-refractivity contribution in [2.45, 2.75) is 13.1 Å². The zero-order valence-corrected chi connectivity index (χ0v) is 9.37. The van der Waals surface area contributed by atoms with Gasteiger partial charge in [-0.1, -0.05) is 18.2 Å². The van der Waals surface area contributed by atoms with E-state index in [0.29, 0.717) is 24.1 Å². The first-order chi connectivity index (χ1) is 7.75. The second kappa shape index (κ2) is 5.05. The summed E-state index contributed by atoms with van der Waals surface area (Å²) < 4.78 is 5.19. The maximum Gasteiger partial charge on any atom is 0.193 e. The fourth-order valence-electron chi connectivity index (χ4n) is 1.43. The molecule has 0 radical (unpaired) electrons. The lowest BCUT2D eigenvalue weighted by atomic mass is 10.2. The average molecular weight is 238 g/mol. The largest absolute Gasteiger partial charge is 0.508 e. The molecule has 16 heavy (non-hydrogen) atoms. The monoisotopic (exact) mass is 237 g/mol. The van der Waals surface area contributed by atoms with Gasteiger partial charge in [0, 0.05) is 12.1 Å². The van der Waals surface area contributed by atoms with Crippen molar-refractivity contribution in [1.82, 2.24) is 5.32 Å². The molecular weight excluding hydrogens is 226 g/mol. The van der Waals surface area contributed by atoms with Gasteiger partial charge in [-0.25, -0.2) is 0 Å². The molecule has 2 aromatic rings. The van der Waals surface area contributed by atoms with Gasteiger partial charge in [0.1, 0.15) is 11.5 Å². The fraction of sp³-hybridized carbons (Fsp3) is 0.167. The van der Waals surface area contributed by atoms with E-state index in [4.69, 9.17) is 16.0 Å². The minimum Gasteiger partial charge on any atom is -0.508 e. The second-order valence-corrected chi connectivity index (χ2v) is 3.81. The highest BCUT2D eigenvalue weighted by Crippen LogP contribution is 2.16. The molecule has 84 valence electrons. The SMILES string of the molecule is Oc1ccccc1CNCc1ccc(Cl)o1. The lowest BCUT2D eigenvalue weighted by Gasteiger charge is -2.04. The zero-order chi connectivity index (χ0) is 11.4. The molecule has 0 unspecified atom stereocenters. The van der Waals surface area contributed by atoms with E-state index < -0.39 is 0 Å². The predicted molar refractivity (Wildman–Crippen MR) is 62.4 cm³/mol. The van der Waals surface area contributed by atoms with Crippen molar-refractivity contribution < 1.29 is 9.52 Å². The highest BCUT2D eigenvalue weighted by molar-refractivity contribution is 6.28. The molecule has 0 spiro atoms. The van der Waals surface area contributed by atoms with Crippen molar-refractivity contribution >= 4 is 11.6 Å². The van der Waals surface area contributed by atoms with Gasteiger partial charge in [0.05, 0.1) is 6.54 Å².